The molecule has 0 amide bonds. The third kappa shape index (κ3) is 3.64. The molecular formula is C20H20O6. The first kappa shape index (κ1) is 17.8. The number of carbonyl (C=O) groups excluding carboxylic acids is 2. The Labute approximate surface area is 151 Å². The summed E-state index contributed by atoms with van der Waals surface area (Å²) in [6.07, 6.45) is -1.35. The molecule has 0 fully saturated rings. The minimum atomic E-state index is -0.869. The van der Waals surface area contributed by atoms with Crippen LogP contribution in [0.25, 0.3) is 0 Å². The maximum Gasteiger partial charge on any atom is 0.351 e. The summed E-state index contributed by atoms with van der Waals surface area (Å²) < 4.78 is 22.1. The predicted molar refractivity (Wildman–Crippen MR) is 93.7 cm³/mol. The molecular weight excluding hydrogens is 336 g/mol. The molecule has 0 saturated carbocycles. The topological polar surface area (TPSA) is 71.1 Å². The average molecular weight is 356 g/mol. The number of rotatable bonds is 5. The van der Waals surface area contributed by atoms with E-state index in [1.807, 2.05) is 6.07 Å². The van der Waals surface area contributed by atoms with Crippen molar-refractivity contribution < 1.29 is 28.5 Å². The molecule has 0 saturated heterocycles. The van der Waals surface area contributed by atoms with E-state index in [1.54, 1.807) is 43.3 Å². The van der Waals surface area contributed by atoms with E-state index in [0.717, 1.165) is 0 Å². The van der Waals surface area contributed by atoms with Crippen molar-refractivity contribution in [1.29, 1.82) is 0 Å². The molecule has 136 valence electrons. The second kappa shape index (κ2) is 7.47. The molecule has 6 heteroatoms. The van der Waals surface area contributed by atoms with Gasteiger partial charge in [-0.1, -0.05) is 12.1 Å². The molecule has 2 atom stereocenters. The van der Waals surface area contributed by atoms with Gasteiger partial charge in [0.05, 0.1) is 7.11 Å². The fourth-order valence-electron chi connectivity index (χ4n) is 2.72. The Morgan fingerprint density at radius 2 is 1.77 bits per heavy atom. The van der Waals surface area contributed by atoms with Crippen molar-refractivity contribution in [1.82, 2.24) is 0 Å². The molecule has 0 N–H and O–H groups in total. The van der Waals surface area contributed by atoms with Gasteiger partial charge in [-0.2, -0.15) is 0 Å². The summed E-state index contributed by atoms with van der Waals surface area (Å²) in [4.78, 5) is 24.0. The van der Waals surface area contributed by atoms with Crippen molar-refractivity contribution in [3.8, 4) is 17.2 Å². The third-order valence-corrected chi connectivity index (χ3v) is 4.13. The van der Waals surface area contributed by atoms with E-state index < -0.39 is 18.2 Å². The van der Waals surface area contributed by atoms with Crippen molar-refractivity contribution in [2.75, 3.05) is 7.11 Å². The molecule has 1 aliphatic rings. The second-order valence-electron chi connectivity index (χ2n) is 6.00. The maximum atomic E-state index is 12.5. The zero-order chi connectivity index (χ0) is 18.7. The molecule has 2 aromatic rings. The van der Waals surface area contributed by atoms with E-state index in [-0.39, 0.29) is 12.4 Å². The van der Waals surface area contributed by atoms with Gasteiger partial charge < -0.3 is 18.9 Å². The van der Waals surface area contributed by atoms with Gasteiger partial charge in [-0.3, -0.25) is 4.79 Å². The van der Waals surface area contributed by atoms with Crippen LogP contribution in [0.4, 0.5) is 0 Å². The van der Waals surface area contributed by atoms with Crippen molar-refractivity contribution in [3.63, 3.8) is 0 Å². The Balaban J connectivity index is 1.71. The van der Waals surface area contributed by atoms with E-state index in [9.17, 15) is 9.59 Å². The van der Waals surface area contributed by atoms with Gasteiger partial charge in [0.25, 0.3) is 0 Å². The molecule has 2 unspecified atom stereocenters. The van der Waals surface area contributed by atoms with Gasteiger partial charge in [-0.25, -0.2) is 4.79 Å². The minimum Gasteiger partial charge on any atom is -0.496 e. The van der Waals surface area contributed by atoms with Crippen LogP contribution in [-0.2, 0) is 16.1 Å². The van der Waals surface area contributed by atoms with E-state index in [1.165, 1.54) is 14.0 Å². The first-order valence-electron chi connectivity index (χ1n) is 8.26. The monoisotopic (exact) mass is 356 g/mol. The van der Waals surface area contributed by atoms with Gasteiger partial charge in [0.15, 0.2) is 17.3 Å². The number of benzene rings is 2. The number of carbonyl (C=O) groups is 2. The van der Waals surface area contributed by atoms with Crippen molar-refractivity contribution >= 4 is 11.8 Å². The zero-order valence-electron chi connectivity index (χ0n) is 14.9. The number of esters is 1. The van der Waals surface area contributed by atoms with Gasteiger partial charge in [0.2, 0.25) is 6.10 Å². The third-order valence-electron chi connectivity index (χ3n) is 4.13. The summed E-state index contributed by atoms with van der Waals surface area (Å²) in [5, 5.41) is 0. The molecule has 0 radical (unpaired) electrons. The highest BCUT2D eigenvalue weighted by molar-refractivity contribution is 5.94. The molecule has 0 aromatic heterocycles. The molecule has 6 nitrogen and oxygen atoms in total. The SMILES string of the molecule is COc1ccc(C(C)=O)cc1COC(=O)C1Oc2ccccc2OC1C. The highest BCUT2D eigenvalue weighted by atomic mass is 16.6. The predicted octanol–water partition coefficient (Wildman–Crippen LogP) is 3.17. The average Bonchev–Trinajstić information content (AvgIpc) is 2.65. The van der Waals surface area contributed by atoms with Crippen molar-refractivity contribution in [2.24, 2.45) is 0 Å². The molecule has 0 aliphatic carbocycles. The number of para-hydroxylation sites is 2. The molecule has 26 heavy (non-hydrogen) atoms. The lowest BCUT2D eigenvalue weighted by atomic mass is 10.1. The quantitative estimate of drug-likeness (QED) is 0.605. The number of ether oxygens (including phenoxy) is 4. The number of Topliss-reactive ketones (excluding diaryl/α,β-unsaturated/α-hetero) is 1. The number of hydrogen-bond donors (Lipinski definition) is 0. The second-order valence-corrected chi connectivity index (χ2v) is 6.00. The molecule has 0 spiro atoms. The van der Waals surface area contributed by atoms with E-state index >= 15 is 0 Å². The summed E-state index contributed by atoms with van der Waals surface area (Å²) >= 11 is 0. The van der Waals surface area contributed by atoms with Crippen molar-refractivity contribution in [3.05, 3.63) is 53.6 Å². The maximum absolute atomic E-state index is 12.5. The number of fused-ring (bicyclic) bond motifs is 1. The lowest BCUT2D eigenvalue weighted by Crippen LogP contribution is -2.44. The zero-order valence-corrected chi connectivity index (χ0v) is 14.9. The number of methoxy groups -OCH3 is 1. The van der Waals surface area contributed by atoms with E-state index in [0.29, 0.717) is 28.4 Å². The van der Waals surface area contributed by atoms with Crippen LogP contribution < -0.4 is 14.2 Å². The smallest absolute Gasteiger partial charge is 0.351 e. The van der Waals surface area contributed by atoms with Gasteiger partial charge >= 0.3 is 5.97 Å². The van der Waals surface area contributed by atoms with Crippen LogP contribution in [-0.4, -0.2) is 31.1 Å². The molecule has 3 rings (SSSR count). The first-order valence-corrected chi connectivity index (χ1v) is 8.26. The van der Waals surface area contributed by atoms with Crippen LogP contribution >= 0.6 is 0 Å². The number of ketones is 1. The molecule has 1 aliphatic heterocycles. The Morgan fingerprint density at radius 3 is 2.42 bits per heavy atom. The van der Waals surface area contributed by atoms with Crippen LogP contribution in [0.5, 0.6) is 17.2 Å². The molecule has 0 bridgehead atoms. The van der Waals surface area contributed by atoms with Gasteiger partial charge in [-0.05, 0) is 44.2 Å². The largest absolute Gasteiger partial charge is 0.496 e. The van der Waals surface area contributed by atoms with Crippen LogP contribution in [0.3, 0.4) is 0 Å². The van der Waals surface area contributed by atoms with Gasteiger partial charge in [-0.15, -0.1) is 0 Å². The van der Waals surface area contributed by atoms with E-state index in [2.05, 4.69) is 0 Å². The Morgan fingerprint density at radius 1 is 1.08 bits per heavy atom. The summed E-state index contributed by atoms with van der Waals surface area (Å²) in [5.74, 6) is 1.03. The first-order chi connectivity index (χ1) is 12.5. The highest BCUT2D eigenvalue weighted by Crippen LogP contribution is 2.34. The summed E-state index contributed by atoms with van der Waals surface area (Å²) in [5.41, 5.74) is 1.13. The Bertz CT molecular complexity index is 829. The van der Waals surface area contributed by atoms with Crippen molar-refractivity contribution in [2.45, 2.75) is 32.7 Å². The highest BCUT2D eigenvalue weighted by Gasteiger charge is 2.35. The standard InChI is InChI=1S/C20H20O6/c1-12(21)14-8-9-16(23-3)15(10-14)11-24-20(22)19-13(2)25-17-6-4-5-7-18(17)26-19/h4-10,13,19H,11H2,1-3H3. The van der Waals surface area contributed by atoms with Crippen LogP contribution in [0.1, 0.15) is 29.8 Å². The van der Waals surface area contributed by atoms with Crippen LogP contribution in [0.15, 0.2) is 42.5 Å². The van der Waals surface area contributed by atoms with Gasteiger partial charge in [0.1, 0.15) is 18.5 Å². The van der Waals surface area contributed by atoms with Gasteiger partial charge in [0, 0.05) is 11.1 Å². The van der Waals surface area contributed by atoms with Crippen LogP contribution in [0, 0.1) is 0 Å². The lowest BCUT2D eigenvalue weighted by Gasteiger charge is -2.30. The minimum absolute atomic E-state index is 0.0304. The Hall–Kier alpha value is -3.02. The normalized spacial score (nSPS) is 18.1. The van der Waals surface area contributed by atoms with Crippen LogP contribution in [0.2, 0.25) is 0 Å². The summed E-state index contributed by atoms with van der Waals surface area (Å²) in [6, 6.07) is 12.2. The molecule has 2 aromatic carbocycles. The lowest BCUT2D eigenvalue weighted by molar-refractivity contribution is -0.159. The fraction of sp³-hybridized carbons (Fsp3) is 0.300. The summed E-state index contributed by atoms with van der Waals surface area (Å²) in [7, 11) is 1.52. The summed E-state index contributed by atoms with van der Waals surface area (Å²) in [6.45, 7) is 3.19. The Kier molecular flexibility index (Phi) is 5.11. The van der Waals surface area contributed by atoms with E-state index in [4.69, 9.17) is 18.9 Å². The fourth-order valence-corrected chi connectivity index (χ4v) is 2.72. The molecule has 1 heterocycles. The number of hydrogen-bond acceptors (Lipinski definition) is 6.